The Kier molecular flexibility index (Phi) is 8.13. The van der Waals surface area contributed by atoms with Crippen LogP contribution in [-0.2, 0) is 10.0 Å². The Morgan fingerprint density at radius 3 is 2.26 bits per heavy atom. The zero-order valence-corrected chi connectivity index (χ0v) is 22.3. The fraction of sp³-hybridized carbons (Fsp3) is 0.296. The molecule has 6 nitrogen and oxygen atoms in total. The average molecular weight is 515 g/mol. The maximum absolute atomic E-state index is 13.1. The summed E-state index contributed by atoms with van der Waals surface area (Å²) < 4.78 is 34.2. The van der Waals surface area contributed by atoms with Crippen LogP contribution in [0.1, 0.15) is 65.3 Å². The molecule has 35 heavy (non-hydrogen) atoms. The lowest BCUT2D eigenvalue weighted by molar-refractivity contribution is 0.0939. The number of nitrogens with one attached hydrogen (secondary N) is 2. The predicted octanol–water partition coefficient (Wildman–Crippen LogP) is 6.38. The van der Waals surface area contributed by atoms with Crippen molar-refractivity contribution in [3.05, 3.63) is 87.4 Å². The van der Waals surface area contributed by atoms with Gasteiger partial charge >= 0.3 is 0 Å². The van der Waals surface area contributed by atoms with Crippen LogP contribution in [0.25, 0.3) is 0 Å². The highest BCUT2D eigenvalue weighted by Crippen LogP contribution is 2.32. The highest BCUT2D eigenvalue weighted by atomic mass is 35.5. The van der Waals surface area contributed by atoms with Crippen molar-refractivity contribution in [2.45, 2.75) is 51.5 Å². The zero-order chi connectivity index (χ0) is 25.9. The summed E-state index contributed by atoms with van der Waals surface area (Å²) in [5.41, 5.74) is 4.42. The largest absolute Gasteiger partial charge is 0.496 e. The number of para-hydroxylation sites is 1. The molecule has 3 rings (SSSR count). The third-order valence-corrected chi connectivity index (χ3v) is 7.77. The van der Waals surface area contributed by atoms with Gasteiger partial charge in [0.05, 0.1) is 23.9 Å². The number of carbonyl (C=O) groups excluding carboxylic acids is 1. The molecule has 0 heterocycles. The lowest BCUT2D eigenvalue weighted by Gasteiger charge is -2.21. The SMILES string of the molecule is COc1cc(C)c([C@@H](C)NC(=O)c2ccc(Cl)c(S(=O)(=O)Nc3ccccc3C)c2)cc1C(C)C. The summed E-state index contributed by atoms with van der Waals surface area (Å²) >= 11 is 6.23. The molecule has 0 unspecified atom stereocenters. The average Bonchev–Trinajstić information content (AvgIpc) is 2.79. The van der Waals surface area contributed by atoms with Crippen LogP contribution < -0.4 is 14.8 Å². The number of benzene rings is 3. The minimum absolute atomic E-state index is 0.0308. The fourth-order valence-electron chi connectivity index (χ4n) is 3.91. The second-order valence-electron chi connectivity index (χ2n) is 8.87. The number of methoxy groups -OCH3 is 1. The van der Waals surface area contributed by atoms with E-state index in [4.69, 9.17) is 16.3 Å². The topological polar surface area (TPSA) is 84.5 Å². The monoisotopic (exact) mass is 514 g/mol. The maximum atomic E-state index is 13.1. The van der Waals surface area contributed by atoms with Gasteiger partial charge in [-0.3, -0.25) is 9.52 Å². The third-order valence-electron chi connectivity index (χ3n) is 5.93. The standard InChI is InChI=1S/C27H31ClN2O4S/c1-16(2)21-15-22(18(4)13-25(21)34-6)19(5)29-27(31)20-11-12-23(28)26(14-20)35(32,33)30-24-10-8-7-9-17(24)3/h7-16,19,30H,1-6H3,(H,29,31)/t19-/m1/s1. The van der Waals surface area contributed by atoms with Gasteiger partial charge in [-0.15, -0.1) is 0 Å². The smallest absolute Gasteiger partial charge is 0.263 e. The number of amides is 1. The Balaban J connectivity index is 1.88. The Morgan fingerprint density at radius 2 is 1.63 bits per heavy atom. The first-order chi connectivity index (χ1) is 16.4. The quantitative estimate of drug-likeness (QED) is 0.365. The summed E-state index contributed by atoms with van der Waals surface area (Å²) in [4.78, 5) is 12.9. The van der Waals surface area contributed by atoms with Gasteiger partial charge < -0.3 is 10.1 Å². The maximum Gasteiger partial charge on any atom is 0.263 e. The number of carbonyl (C=O) groups is 1. The molecule has 186 valence electrons. The van der Waals surface area contributed by atoms with Crippen LogP contribution in [0.4, 0.5) is 5.69 Å². The molecule has 0 saturated carbocycles. The molecule has 0 aliphatic heterocycles. The van der Waals surface area contributed by atoms with Crippen molar-refractivity contribution in [1.82, 2.24) is 5.32 Å². The van der Waals surface area contributed by atoms with Crippen molar-refractivity contribution in [2.75, 3.05) is 11.8 Å². The number of halogens is 1. The van der Waals surface area contributed by atoms with Crippen LogP contribution in [0.3, 0.4) is 0 Å². The number of aryl methyl sites for hydroxylation is 2. The van der Waals surface area contributed by atoms with Crippen molar-refractivity contribution in [2.24, 2.45) is 0 Å². The van der Waals surface area contributed by atoms with Gasteiger partial charge in [0, 0.05) is 5.56 Å². The summed E-state index contributed by atoms with van der Waals surface area (Å²) in [6.07, 6.45) is 0. The summed E-state index contributed by atoms with van der Waals surface area (Å²) in [7, 11) is -2.36. The zero-order valence-electron chi connectivity index (χ0n) is 20.8. The van der Waals surface area contributed by atoms with Crippen LogP contribution in [-0.4, -0.2) is 21.4 Å². The summed E-state index contributed by atoms with van der Waals surface area (Å²) in [5, 5.41) is 3.01. The Bertz CT molecular complexity index is 1350. The Morgan fingerprint density at radius 1 is 0.943 bits per heavy atom. The van der Waals surface area contributed by atoms with Gasteiger partial charge in [-0.25, -0.2) is 8.42 Å². The Hall–Kier alpha value is -3.03. The van der Waals surface area contributed by atoms with Gasteiger partial charge in [-0.2, -0.15) is 0 Å². The van der Waals surface area contributed by atoms with Gasteiger partial charge in [0.15, 0.2) is 0 Å². The fourth-order valence-corrected chi connectivity index (χ4v) is 5.56. The van der Waals surface area contributed by atoms with Crippen LogP contribution in [0, 0.1) is 13.8 Å². The first-order valence-electron chi connectivity index (χ1n) is 11.3. The van der Waals surface area contributed by atoms with E-state index < -0.39 is 15.9 Å². The van der Waals surface area contributed by atoms with Crippen molar-refractivity contribution in [1.29, 1.82) is 0 Å². The molecule has 0 radical (unpaired) electrons. The molecule has 1 amide bonds. The highest BCUT2D eigenvalue weighted by Gasteiger charge is 2.22. The lowest BCUT2D eigenvalue weighted by Crippen LogP contribution is -2.27. The van der Waals surface area contributed by atoms with E-state index in [-0.39, 0.29) is 27.4 Å². The molecular formula is C27H31ClN2O4S. The second-order valence-corrected chi connectivity index (χ2v) is 10.9. The summed E-state index contributed by atoms with van der Waals surface area (Å²) in [6, 6.07) is 15.0. The molecule has 0 bridgehead atoms. The Labute approximate surface area is 212 Å². The van der Waals surface area contributed by atoms with E-state index in [2.05, 4.69) is 23.9 Å². The van der Waals surface area contributed by atoms with E-state index in [1.165, 1.54) is 18.2 Å². The molecule has 0 fully saturated rings. The number of anilines is 1. The molecule has 3 aromatic rings. The number of rotatable bonds is 8. The first-order valence-corrected chi connectivity index (χ1v) is 13.2. The van der Waals surface area contributed by atoms with Crippen LogP contribution in [0.2, 0.25) is 5.02 Å². The third kappa shape index (κ3) is 5.97. The number of hydrogen-bond donors (Lipinski definition) is 2. The predicted molar refractivity (Wildman–Crippen MR) is 141 cm³/mol. The summed E-state index contributed by atoms with van der Waals surface area (Å²) in [6.45, 7) is 9.83. The minimum Gasteiger partial charge on any atom is -0.496 e. The molecule has 0 spiro atoms. The minimum atomic E-state index is -4.01. The molecule has 0 saturated heterocycles. The van der Waals surface area contributed by atoms with E-state index in [0.717, 1.165) is 28.0 Å². The van der Waals surface area contributed by atoms with E-state index in [1.54, 1.807) is 32.2 Å². The van der Waals surface area contributed by atoms with Gasteiger partial charge in [0.25, 0.3) is 15.9 Å². The van der Waals surface area contributed by atoms with Crippen molar-refractivity contribution >= 4 is 33.2 Å². The van der Waals surface area contributed by atoms with Crippen molar-refractivity contribution < 1.29 is 17.9 Å². The lowest BCUT2D eigenvalue weighted by atomic mass is 9.93. The molecule has 0 aliphatic carbocycles. The van der Waals surface area contributed by atoms with E-state index >= 15 is 0 Å². The highest BCUT2D eigenvalue weighted by molar-refractivity contribution is 7.92. The van der Waals surface area contributed by atoms with Crippen molar-refractivity contribution in [3.8, 4) is 5.75 Å². The van der Waals surface area contributed by atoms with E-state index in [1.807, 2.05) is 32.0 Å². The van der Waals surface area contributed by atoms with Crippen LogP contribution in [0.5, 0.6) is 5.75 Å². The van der Waals surface area contributed by atoms with Gasteiger partial charge in [-0.1, -0.05) is 43.6 Å². The van der Waals surface area contributed by atoms with Gasteiger partial charge in [0.2, 0.25) is 0 Å². The molecule has 1 atom stereocenters. The number of hydrogen-bond acceptors (Lipinski definition) is 4. The number of sulfonamides is 1. The summed E-state index contributed by atoms with van der Waals surface area (Å²) in [5.74, 6) is 0.660. The van der Waals surface area contributed by atoms with Gasteiger partial charge in [-0.05, 0) is 85.3 Å². The molecule has 0 aliphatic rings. The molecule has 2 N–H and O–H groups in total. The van der Waals surface area contributed by atoms with Gasteiger partial charge in [0.1, 0.15) is 10.6 Å². The second kappa shape index (κ2) is 10.7. The normalized spacial score (nSPS) is 12.3. The molecule has 0 aromatic heterocycles. The number of ether oxygens (including phenoxy) is 1. The van der Waals surface area contributed by atoms with Crippen LogP contribution in [0.15, 0.2) is 59.5 Å². The van der Waals surface area contributed by atoms with E-state index in [9.17, 15) is 13.2 Å². The molecule has 8 heteroatoms. The molecule has 3 aromatic carbocycles. The van der Waals surface area contributed by atoms with Crippen LogP contribution >= 0.6 is 11.6 Å². The van der Waals surface area contributed by atoms with E-state index in [0.29, 0.717) is 5.69 Å². The molecular weight excluding hydrogens is 484 g/mol. The van der Waals surface area contributed by atoms with Crippen molar-refractivity contribution in [3.63, 3.8) is 0 Å². The first kappa shape index (κ1) is 26.6.